The van der Waals surface area contributed by atoms with Crippen LogP contribution in [-0.2, 0) is 52.1 Å². The molecule has 106 heavy (non-hydrogen) atoms. The number of benzene rings is 11. The Morgan fingerprint density at radius 3 is 0.632 bits per heavy atom. The van der Waals surface area contributed by atoms with Gasteiger partial charge in [-0.3, -0.25) is 0 Å². The van der Waals surface area contributed by atoms with Gasteiger partial charge in [-0.2, -0.15) is 0 Å². The lowest BCUT2D eigenvalue weighted by molar-refractivity contribution is -0.597. The van der Waals surface area contributed by atoms with Gasteiger partial charge in [0.2, 0.25) is 17.5 Å². The van der Waals surface area contributed by atoms with E-state index < -0.39 is 132 Å². The predicted molar refractivity (Wildman–Crippen MR) is 354 cm³/mol. The molecule has 32 heteroatoms. The van der Waals surface area contributed by atoms with Gasteiger partial charge in [0.25, 0.3) is 0 Å². The maximum absolute atomic E-state index is 12.6. The fourth-order valence-corrected chi connectivity index (χ4v) is 18.8. The van der Waals surface area contributed by atoms with Crippen LogP contribution in [-0.4, -0.2) is 38.9 Å². The van der Waals surface area contributed by atoms with Gasteiger partial charge in [-0.05, 0) is 199 Å². The van der Waals surface area contributed by atoms with Crippen LogP contribution in [0.15, 0.2) is 214 Å². The van der Waals surface area contributed by atoms with Gasteiger partial charge < -0.3 is 23.1 Å². The molecule has 0 radical (unpaired) electrons. The lowest BCUT2D eigenvalue weighted by Gasteiger charge is -2.15. The molecule has 0 N–H and O–H groups in total. The molecular weight excluding hydrogens is 1640 g/mol. The molecule has 0 unspecified atom stereocenters. The van der Waals surface area contributed by atoms with E-state index in [0.29, 0.717) is 0 Å². The van der Waals surface area contributed by atoms with Crippen LogP contribution in [0.5, 0.6) is 23.0 Å². The highest BCUT2D eigenvalue weighted by Crippen LogP contribution is 2.40. The molecule has 556 valence electrons. The maximum Gasteiger partial charge on any atom is 0.357 e. The number of hydrogen-bond donors (Lipinski definition) is 0. The van der Waals surface area contributed by atoms with E-state index in [1.807, 2.05) is 0 Å². The quantitative estimate of drug-likeness (QED) is 0.0237. The van der Waals surface area contributed by atoms with Gasteiger partial charge in [0.1, 0.15) is 68.0 Å². The molecule has 11 aromatic rings. The summed E-state index contributed by atoms with van der Waals surface area (Å²) < 4.78 is 294. The van der Waals surface area contributed by atoms with Crippen LogP contribution in [0, 0.1) is 150 Å². The summed E-state index contributed by atoms with van der Waals surface area (Å²) in [4.78, 5) is 0.950. The molecule has 0 aliphatic carbocycles. The largest absolute Gasteiger partial charge is 0.744 e. The van der Waals surface area contributed by atoms with Gasteiger partial charge in [-0.15, -0.1) is 0 Å². The fraction of sp³-hybridized carbons (Fsp3) is 0.108. The van der Waals surface area contributed by atoms with Gasteiger partial charge in [0.15, 0.2) is 106 Å². The summed E-state index contributed by atoms with van der Waals surface area (Å²) in [5.74, 6) is -35.1. The predicted octanol–water partition coefficient (Wildman–Crippen LogP) is 15.9. The van der Waals surface area contributed by atoms with Crippen molar-refractivity contribution >= 4 is 52.1 Å². The molecule has 0 saturated heterocycles. The minimum absolute atomic E-state index is 0.225. The van der Waals surface area contributed by atoms with E-state index in [9.17, 15) is 105 Å². The van der Waals surface area contributed by atoms with E-state index in [1.165, 1.54) is 81.0 Å². The zero-order valence-electron chi connectivity index (χ0n) is 55.7. The zero-order chi connectivity index (χ0) is 78.5. The molecule has 0 bridgehead atoms. The van der Waals surface area contributed by atoms with Crippen LogP contribution in [0.3, 0.4) is 0 Å². The minimum atomic E-state index is -5.77. The molecule has 0 aliphatic heterocycles. The van der Waals surface area contributed by atoms with E-state index >= 15 is 0 Å². The molecule has 0 spiro atoms. The van der Waals surface area contributed by atoms with Crippen molar-refractivity contribution in [2.24, 2.45) is 0 Å². The lowest BCUT2D eigenvalue weighted by Crippen LogP contribution is -3.61. The first-order chi connectivity index (χ1) is 49.6. The minimum Gasteiger partial charge on any atom is -0.744 e. The molecule has 11 rings (SSSR count). The number of halogens is 16. The average molecular weight is 1690 g/mol. The van der Waals surface area contributed by atoms with Gasteiger partial charge >= 0.3 is 21.2 Å². The Morgan fingerprint density at radius 2 is 0.443 bits per heavy atom. The van der Waals surface area contributed by atoms with Crippen molar-refractivity contribution in [3.8, 4) is 23.0 Å². The Hall–Kier alpha value is -8.87. The SMILES string of the molecule is Cc1cccc([S+](c2ccc(Oc3ccc([I+]c4ccc(Oc5ccc([S+](c6cccc(C)c6C)c6cccc(C)c6C)cc5)cc4)cc3)cc2)c2cccc(C)c2C)c1C.O=S(=O)([O-])c1c(F)c(F)c(F)c(F)c1F.O=S(=O)([O-])c1c(F)c(F)c(F)c(F)c1F.O=S(=O)([O-])c1c(F)c(F)c(F)c(F)c1F. The highest BCUT2D eigenvalue weighted by molar-refractivity contribution is 7.97. The number of ether oxygens (including phenoxy) is 2. The molecule has 0 aliphatic rings. The van der Waals surface area contributed by atoms with Crippen molar-refractivity contribution in [1.29, 1.82) is 0 Å². The van der Waals surface area contributed by atoms with Crippen LogP contribution in [0.1, 0.15) is 44.5 Å². The van der Waals surface area contributed by atoms with Crippen molar-refractivity contribution in [2.45, 2.75) is 99.4 Å². The van der Waals surface area contributed by atoms with E-state index in [-0.39, 0.29) is 43.0 Å². The van der Waals surface area contributed by atoms with Crippen LogP contribution < -0.4 is 30.7 Å². The monoisotopic (exact) mass is 1690 g/mol. The first-order valence-electron chi connectivity index (χ1n) is 30.1. The van der Waals surface area contributed by atoms with Gasteiger partial charge in [-0.25, -0.2) is 91.1 Å². The molecular formula is C74H52F15IO11S5. The van der Waals surface area contributed by atoms with Crippen molar-refractivity contribution < 1.29 is 135 Å². The van der Waals surface area contributed by atoms with Gasteiger partial charge in [-0.1, -0.05) is 48.5 Å². The van der Waals surface area contributed by atoms with Crippen LogP contribution in [0.4, 0.5) is 65.9 Å². The standard InChI is InChI=1S/C56H52IO2S2.3C6HF5O3S/c1-37-13-9-17-53(41(37)5)60(54-18-10-14-38(2)42(54)6)51-33-29-49(30-34-51)58-47-25-21-45(22-26-47)57-46-23-27-48(28-24-46)59-50-31-35-52(36-32-50)61(55-19-11-15-39(3)43(55)7)56-20-12-16-40(4)44(56)8;3*7-1-2(8)4(10)6(15(12,13)14)5(11)3(1)9/h9-36H,1-8H3;3*(H,12,13,14)/q+3;;;/p-3. The highest BCUT2D eigenvalue weighted by Gasteiger charge is 2.36. The van der Waals surface area contributed by atoms with E-state index in [1.54, 1.807) is 0 Å². The summed E-state index contributed by atoms with van der Waals surface area (Å²) in [6.07, 6.45) is 0. The molecule has 11 nitrogen and oxygen atoms in total. The molecule has 0 heterocycles. The first kappa shape index (κ1) is 82.8. The van der Waals surface area contributed by atoms with E-state index in [4.69, 9.17) is 9.47 Å². The third-order valence-electron chi connectivity index (χ3n) is 15.8. The second-order valence-electron chi connectivity index (χ2n) is 22.6. The van der Waals surface area contributed by atoms with Gasteiger partial charge in [0, 0.05) is 22.3 Å². The Morgan fingerprint density at radius 1 is 0.264 bits per heavy atom. The van der Waals surface area contributed by atoms with Crippen molar-refractivity contribution in [2.75, 3.05) is 0 Å². The second-order valence-corrected chi connectivity index (χ2v) is 33.5. The molecule has 0 aromatic heterocycles. The Kier molecular flexibility index (Phi) is 26.5. The molecule has 0 atom stereocenters. The van der Waals surface area contributed by atoms with E-state index in [2.05, 4.69) is 225 Å². The average Bonchev–Trinajstić information content (AvgIpc) is 0.771. The first-order valence-corrected chi connectivity index (χ1v) is 39.0. The molecule has 11 aromatic carbocycles. The van der Waals surface area contributed by atoms with Gasteiger partial charge in [0.05, 0.1) is 21.8 Å². The third kappa shape index (κ3) is 18.6. The normalized spacial score (nSPS) is 11.5. The van der Waals surface area contributed by atoms with E-state index in [0.717, 1.165) is 23.0 Å². The second kappa shape index (κ2) is 33.9. The number of hydrogen-bond acceptors (Lipinski definition) is 11. The topological polar surface area (TPSA) is 190 Å². The molecule has 0 fully saturated rings. The van der Waals surface area contributed by atoms with Crippen LogP contribution in [0.2, 0.25) is 0 Å². The summed E-state index contributed by atoms with van der Waals surface area (Å²) in [6.45, 7) is 17.8. The molecule has 0 amide bonds. The zero-order valence-corrected chi connectivity index (χ0v) is 62.0. The Bertz CT molecular complexity index is 4920. The van der Waals surface area contributed by atoms with Crippen LogP contribution >= 0.6 is 0 Å². The Labute approximate surface area is 614 Å². The van der Waals surface area contributed by atoms with Crippen LogP contribution in [0.25, 0.3) is 0 Å². The summed E-state index contributed by atoms with van der Waals surface area (Å²) in [5.41, 5.74) is 10.7. The number of rotatable bonds is 15. The third-order valence-corrected chi connectivity index (χ3v) is 26.1. The number of aryl methyl sites for hydroxylation is 4. The summed E-state index contributed by atoms with van der Waals surface area (Å²) in [6, 6.07) is 61.3. The smallest absolute Gasteiger partial charge is 0.357 e. The lowest BCUT2D eigenvalue weighted by atomic mass is 10.1. The summed E-state index contributed by atoms with van der Waals surface area (Å²) in [7, 11) is -17.8. The maximum atomic E-state index is 12.6. The summed E-state index contributed by atoms with van der Waals surface area (Å²) in [5, 5.41) is 0. The van der Waals surface area contributed by atoms with Crippen molar-refractivity contribution in [3.63, 3.8) is 0 Å². The van der Waals surface area contributed by atoms with Crippen molar-refractivity contribution in [3.05, 3.63) is 309 Å². The fourth-order valence-electron chi connectivity index (χ4n) is 9.76. The van der Waals surface area contributed by atoms with Crippen molar-refractivity contribution in [1.82, 2.24) is 0 Å². The molecule has 0 saturated carbocycles. The summed E-state index contributed by atoms with van der Waals surface area (Å²) >= 11 is -0.363. The highest BCUT2D eigenvalue weighted by atomic mass is 127. The Balaban J connectivity index is 0.000000252.